The number of aromatic nitrogens is 3. The van der Waals surface area contributed by atoms with Crippen LogP contribution in [0.1, 0.15) is 18.5 Å². The molecular weight excluding hydrogens is 446 g/mol. The fraction of sp³-hybridized carbons (Fsp3) is 0.115. The molecule has 9 nitrogen and oxygen atoms in total. The van der Waals surface area contributed by atoms with Gasteiger partial charge in [-0.1, -0.05) is 24.3 Å². The fourth-order valence-corrected chi connectivity index (χ4v) is 4.29. The quantitative estimate of drug-likeness (QED) is 0.410. The number of hydrogen-bond acceptors (Lipinski definition) is 7. The molecule has 0 aliphatic carbocycles. The maximum atomic E-state index is 13.6. The Morgan fingerprint density at radius 2 is 1.83 bits per heavy atom. The van der Waals surface area contributed by atoms with Crippen molar-refractivity contribution in [2.45, 2.75) is 13.0 Å². The second kappa shape index (κ2) is 8.21. The van der Waals surface area contributed by atoms with Crippen LogP contribution in [0.5, 0.6) is 17.2 Å². The Balaban J connectivity index is 1.46. The van der Waals surface area contributed by atoms with Crippen molar-refractivity contribution in [2.24, 2.45) is 0 Å². The molecule has 0 fully saturated rings. The number of nitrogens with zero attached hydrogens (tertiary/aromatic N) is 3. The van der Waals surface area contributed by atoms with E-state index in [0.717, 1.165) is 11.1 Å². The second-order valence-electron chi connectivity index (χ2n) is 8.25. The third-order valence-electron chi connectivity index (χ3n) is 5.97. The number of aromatic hydroxyl groups is 1. The summed E-state index contributed by atoms with van der Waals surface area (Å²) >= 11 is 0. The number of fused-ring (bicyclic) bond motifs is 2. The van der Waals surface area contributed by atoms with Crippen LogP contribution in [0.3, 0.4) is 0 Å². The van der Waals surface area contributed by atoms with Gasteiger partial charge in [0.2, 0.25) is 12.7 Å². The van der Waals surface area contributed by atoms with E-state index >= 15 is 0 Å². The minimum Gasteiger partial charge on any atom is -0.508 e. The first-order chi connectivity index (χ1) is 17.1. The number of hydrogen-bond donors (Lipinski definition) is 3. The third kappa shape index (κ3) is 3.72. The van der Waals surface area contributed by atoms with Gasteiger partial charge in [-0.05, 0) is 61.0 Å². The van der Waals surface area contributed by atoms with Crippen molar-refractivity contribution in [1.82, 2.24) is 14.8 Å². The van der Waals surface area contributed by atoms with Crippen LogP contribution in [0.2, 0.25) is 0 Å². The first kappa shape index (κ1) is 20.8. The van der Waals surface area contributed by atoms with Crippen molar-refractivity contribution in [3.8, 4) is 28.6 Å². The van der Waals surface area contributed by atoms with Gasteiger partial charge < -0.3 is 25.2 Å². The van der Waals surface area contributed by atoms with Gasteiger partial charge in [0.1, 0.15) is 11.8 Å². The number of amides is 1. The lowest BCUT2D eigenvalue weighted by atomic mass is 9.94. The number of benzene rings is 3. The van der Waals surface area contributed by atoms with Gasteiger partial charge in [-0.25, -0.2) is 4.68 Å². The Labute approximate surface area is 200 Å². The topological polar surface area (TPSA) is 111 Å². The van der Waals surface area contributed by atoms with Crippen LogP contribution >= 0.6 is 0 Å². The lowest BCUT2D eigenvalue weighted by Crippen LogP contribution is -2.31. The highest BCUT2D eigenvalue weighted by Crippen LogP contribution is 2.41. The van der Waals surface area contributed by atoms with E-state index in [-0.39, 0.29) is 18.4 Å². The smallest absolute Gasteiger partial charge is 0.255 e. The minimum atomic E-state index is -0.567. The summed E-state index contributed by atoms with van der Waals surface area (Å²) in [5.74, 6) is 2.15. The molecular formula is C26H21N5O4. The SMILES string of the molecule is CC1=C(C(=O)Nc2ccccc2)C(c2ccc3c(c2)OCO3)n2nc(-c3ccc(O)cc3)nc2N1. The lowest BCUT2D eigenvalue weighted by molar-refractivity contribution is -0.113. The molecule has 0 bridgehead atoms. The highest BCUT2D eigenvalue weighted by atomic mass is 16.7. The Morgan fingerprint density at radius 1 is 1.06 bits per heavy atom. The Bertz CT molecular complexity index is 1460. The van der Waals surface area contributed by atoms with Gasteiger partial charge in [0.15, 0.2) is 17.3 Å². The summed E-state index contributed by atoms with van der Waals surface area (Å²) in [4.78, 5) is 18.2. The zero-order valence-corrected chi connectivity index (χ0v) is 18.7. The average molecular weight is 467 g/mol. The summed E-state index contributed by atoms with van der Waals surface area (Å²) in [5, 5.41) is 20.6. The molecule has 0 spiro atoms. The van der Waals surface area contributed by atoms with Gasteiger partial charge in [0, 0.05) is 16.9 Å². The molecule has 35 heavy (non-hydrogen) atoms. The number of anilines is 2. The van der Waals surface area contributed by atoms with Gasteiger partial charge in [0.05, 0.1) is 5.57 Å². The molecule has 2 aliphatic heterocycles. The van der Waals surface area contributed by atoms with Gasteiger partial charge in [-0.15, -0.1) is 5.10 Å². The predicted molar refractivity (Wildman–Crippen MR) is 129 cm³/mol. The number of phenolic OH excluding ortho intramolecular Hbond substituents is 1. The molecule has 3 heterocycles. The van der Waals surface area contributed by atoms with Crippen molar-refractivity contribution in [3.63, 3.8) is 0 Å². The molecule has 1 aromatic heterocycles. The molecule has 1 amide bonds. The van der Waals surface area contributed by atoms with E-state index in [2.05, 4.69) is 15.6 Å². The van der Waals surface area contributed by atoms with Gasteiger partial charge in [-0.3, -0.25) is 4.79 Å². The normalized spacial score (nSPS) is 16.0. The molecule has 4 aromatic rings. The highest BCUT2D eigenvalue weighted by molar-refractivity contribution is 6.06. The van der Waals surface area contributed by atoms with E-state index in [4.69, 9.17) is 14.6 Å². The van der Waals surface area contributed by atoms with E-state index in [1.807, 2.05) is 55.5 Å². The van der Waals surface area contributed by atoms with Crippen molar-refractivity contribution >= 4 is 17.5 Å². The summed E-state index contributed by atoms with van der Waals surface area (Å²) in [6.45, 7) is 2.00. The first-order valence-electron chi connectivity index (χ1n) is 11.1. The average Bonchev–Trinajstić information content (AvgIpc) is 3.50. The number of nitrogens with one attached hydrogen (secondary N) is 2. The van der Waals surface area contributed by atoms with Crippen molar-refractivity contribution in [3.05, 3.63) is 89.6 Å². The number of ether oxygens (including phenoxy) is 2. The predicted octanol–water partition coefficient (Wildman–Crippen LogP) is 4.31. The molecule has 9 heteroatoms. The summed E-state index contributed by atoms with van der Waals surface area (Å²) in [6, 6.07) is 21.0. The molecule has 1 unspecified atom stereocenters. The molecule has 3 N–H and O–H groups in total. The number of carbonyl (C=O) groups is 1. The zero-order valence-electron chi connectivity index (χ0n) is 18.7. The number of para-hydroxylation sites is 1. The molecule has 2 aliphatic rings. The van der Waals surface area contributed by atoms with Gasteiger partial charge in [0.25, 0.3) is 5.91 Å². The molecule has 174 valence electrons. The number of rotatable bonds is 4. The molecule has 6 rings (SSSR count). The summed E-state index contributed by atoms with van der Waals surface area (Å²) < 4.78 is 12.8. The van der Waals surface area contributed by atoms with Gasteiger partial charge in [-0.2, -0.15) is 4.98 Å². The van der Waals surface area contributed by atoms with Crippen LogP contribution in [0, 0.1) is 0 Å². The maximum Gasteiger partial charge on any atom is 0.255 e. The van der Waals surface area contributed by atoms with Crippen LogP contribution < -0.4 is 20.1 Å². The number of phenols is 1. The highest BCUT2D eigenvalue weighted by Gasteiger charge is 2.35. The van der Waals surface area contributed by atoms with E-state index in [0.29, 0.717) is 40.2 Å². The number of carbonyl (C=O) groups excluding carboxylic acids is 1. The third-order valence-corrected chi connectivity index (χ3v) is 5.97. The Kier molecular flexibility index (Phi) is 4.88. The van der Waals surface area contributed by atoms with Crippen molar-refractivity contribution in [2.75, 3.05) is 17.4 Å². The van der Waals surface area contributed by atoms with Gasteiger partial charge >= 0.3 is 0 Å². The Hall–Kier alpha value is -4.79. The van der Waals surface area contributed by atoms with E-state index < -0.39 is 6.04 Å². The van der Waals surface area contributed by atoms with E-state index in [9.17, 15) is 9.90 Å². The molecule has 1 atom stereocenters. The molecule has 0 radical (unpaired) electrons. The maximum absolute atomic E-state index is 13.6. The number of allylic oxidation sites excluding steroid dienone is 1. The van der Waals surface area contributed by atoms with Crippen LogP contribution in [0.25, 0.3) is 11.4 Å². The van der Waals surface area contributed by atoms with E-state index in [1.165, 1.54) is 0 Å². The zero-order chi connectivity index (χ0) is 23.9. The minimum absolute atomic E-state index is 0.154. The molecule has 3 aromatic carbocycles. The fourth-order valence-electron chi connectivity index (χ4n) is 4.29. The lowest BCUT2D eigenvalue weighted by Gasteiger charge is -2.28. The molecule has 0 saturated heterocycles. The second-order valence-corrected chi connectivity index (χ2v) is 8.25. The van der Waals surface area contributed by atoms with Crippen LogP contribution in [-0.2, 0) is 4.79 Å². The van der Waals surface area contributed by atoms with E-state index in [1.54, 1.807) is 28.9 Å². The Morgan fingerprint density at radius 3 is 2.63 bits per heavy atom. The van der Waals surface area contributed by atoms with Crippen LogP contribution in [-0.4, -0.2) is 32.6 Å². The van der Waals surface area contributed by atoms with Crippen molar-refractivity contribution in [1.29, 1.82) is 0 Å². The largest absolute Gasteiger partial charge is 0.508 e. The first-order valence-corrected chi connectivity index (χ1v) is 11.1. The van der Waals surface area contributed by atoms with Crippen LogP contribution in [0.4, 0.5) is 11.6 Å². The summed E-state index contributed by atoms with van der Waals surface area (Å²) in [7, 11) is 0. The summed E-state index contributed by atoms with van der Waals surface area (Å²) in [5.41, 5.74) is 3.40. The van der Waals surface area contributed by atoms with Crippen molar-refractivity contribution < 1.29 is 19.4 Å². The summed E-state index contributed by atoms with van der Waals surface area (Å²) in [6.07, 6.45) is 0. The van der Waals surface area contributed by atoms with Crippen LogP contribution in [0.15, 0.2) is 84.1 Å². The standard InChI is InChI=1S/C26H21N5O4/c1-15-22(25(33)28-18-5-3-2-4-6-18)23(17-9-12-20-21(13-17)35-14-34-20)31-26(27-15)29-24(30-31)16-7-10-19(32)11-8-16/h2-13,23,32H,14H2,1H3,(H,28,33)(H,27,29,30). The monoisotopic (exact) mass is 467 g/mol. The molecule has 0 saturated carbocycles.